The lowest BCUT2D eigenvalue weighted by atomic mass is 10.2. The Morgan fingerprint density at radius 1 is 1.00 bits per heavy atom. The molecule has 0 saturated carbocycles. The zero-order chi connectivity index (χ0) is 17.2. The molecule has 24 heavy (non-hydrogen) atoms. The fraction of sp³-hybridized carbons (Fsp3) is 0.263. The number of carbonyl (C=O) groups excluding carboxylic acids is 1. The number of amides is 1. The van der Waals surface area contributed by atoms with Crippen LogP contribution in [-0.4, -0.2) is 25.3 Å². The van der Waals surface area contributed by atoms with Gasteiger partial charge in [0.05, 0.1) is 12.8 Å². The van der Waals surface area contributed by atoms with Crippen molar-refractivity contribution in [3.63, 3.8) is 0 Å². The van der Waals surface area contributed by atoms with Crippen molar-refractivity contribution in [2.75, 3.05) is 13.2 Å². The number of benzene rings is 2. The largest absolute Gasteiger partial charge is 0.494 e. The zero-order valence-corrected chi connectivity index (χ0v) is 14.0. The molecule has 2 aromatic rings. The predicted molar refractivity (Wildman–Crippen MR) is 94.7 cm³/mol. The Balaban J connectivity index is 1.75. The number of nitrogens with one attached hydrogen (secondary N) is 1. The van der Waals surface area contributed by atoms with Gasteiger partial charge >= 0.3 is 0 Å². The lowest BCUT2D eigenvalue weighted by molar-refractivity contribution is -0.123. The van der Waals surface area contributed by atoms with E-state index in [0.717, 1.165) is 17.7 Å². The Morgan fingerprint density at radius 3 is 2.25 bits per heavy atom. The van der Waals surface area contributed by atoms with Crippen molar-refractivity contribution >= 4 is 12.1 Å². The first-order chi connectivity index (χ1) is 11.7. The number of hydrazone groups is 1. The number of rotatable bonds is 8. The number of ether oxygens (including phenoxy) is 2. The molecule has 1 N–H and O–H groups in total. The van der Waals surface area contributed by atoms with Gasteiger partial charge in [-0.1, -0.05) is 19.1 Å². The van der Waals surface area contributed by atoms with E-state index in [1.165, 1.54) is 5.56 Å². The molecule has 2 aromatic carbocycles. The smallest absolute Gasteiger partial charge is 0.277 e. The minimum Gasteiger partial charge on any atom is -0.494 e. The summed E-state index contributed by atoms with van der Waals surface area (Å²) in [6.07, 6.45) is 2.55. The van der Waals surface area contributed by atoms with Gasteiger partial charge in [-0.05, 0) is 60.9 Å². The number of aryl methyl sites for hydroxylation is 1. The lowest BCUT2D eigenvalue weighted by Gasteiger charge is -2.05. The summed E-state index contributed by atoms with van der Waals surface area (Å²) in [5.41, 5.74) is 4.54. The summed E-state index contributed by atoms with van der Waals surface area (Å²) in [7, 11) is 0. The Kier molecular flexibility index (Phi) is 6.83. The Hall–Kier alpha value is -2.82. The highest BCUT2D eigenvalue weighted by atomic mass is 16.5. The fourth-order valence-electron chi connectivity index (χ4n) is 2.00. The van der Waals surface area contributed by atoms with Crippen molar-refractivity contribution in [3.05, 3.63) is 59.7 Å². The fourth-order valence-corrected chi connectivity index (χ4v) is 2.00. The molecule has 0 radical (unpaired) electrons. The van der Waals surface area contributed by atoms with E-state index >= 15 is 0 Å². The SMILES string of the molecule is CCOc1ccc(C=NNC(=O)COc2ccc(CC)cc2)cc1. The van der Waals surface area contributed by atoms with Crippen LogP contribution in [0.4, 0.5) is 0 Å². The summed E-state index contributed by atoms with van der Waals surface area (Å²) in [6, 6.07) is 15.1. The van der Waals surface area contributed by atoms with E-state index in [0.29, 0.717) is 12.4 Å². The van der Waals surface area contributed by atoms with E-state index in [9.17, 15) is 4.79 Å². The third kappa shape index (κ3) is 5.76. The van der Waals surface area contributed by atoms with Crippen LogP contribution in [0, 0.1) is 0 Å². The maximum atomic E-state index is 11.7. The predicted octanol–water partition coefficient (Wildman–Crippen LogP) is 3.18. The highest BCUT2D eigenvalue weighted by molar-refractivity contribution is 5.83. The van der Waals surface area contributed by atoms with Crippen LogP contribution >= 0.6 is 0 Å². The summed E-state index contributed by atoms with van der Waals surface area (Å²) < 4.78 is 10.8. The van der Waals surface area contributed by atoms with E-state index < -0.39 is 0 Å². The summed E-state index contributed by atoms with van der Waals surface area (Å²) in [4.78, 5) is 11.7. The van der Waals surface area contributed by atoms with Crippen LogP contribution < -0.4 is 14.9 Å². The van der Waals surface area contributed by atoms with Gasteiger partial charge in [0.25, 0.3) is 5.91 Å². The summed E-state index contributed by atoms with van der Waals surface area (Å²) >= 11 is 0. The van der Waals surface area contributed by atoms with E-state index in [-0.39, 0.29) is 12.5 Å². The van der Waals surface area contributed by atoms with Crippen molar-refractivity contribution in [3.8, 4) is 11.5 Å². The highest BCUT2D eigenvalue weighted by Gasteiger charge is 2.01. The van der Waals surface area contributed by atoms with Crippen molar-refractivity contribution in [2.24, 2.45) is 5.10 Å². The van der Waals surface area contributed by atoms with Crippen molar-refractivity contribution in [2.45, 2.75) is 20.3 Å². The molecule has 0 atom stereocenters. The van der Waals surface area contributed by atoms with Crippen molar-refractivity contribution in [1.29, 1.82) is 0 Å². The molecule has 5 nitrogen and oxygen atoms in total. The maximum absolute atomic E-state index is 11.7. The topological polar surface area (TPSA) is 59.9 Å². The molecule has 0 unspecified atom stereocenters. The van der Waals surface area contributed by atoms with Crippen LogP contribution in [0.2, 0.25) is 0 Å². The molecule has 0 saturated heterocycles. The maximum Gasteiger partial charge on any atom is 0.277 e. The van der Waals surface area contributed by atoms with Crippen LogP contribution in [-0.2, 0) is 11.2 Å². The Bertz CT molecular complexity index is 664. The molecule has 126 valence electrons. The third-order valence-electron chi connectivity index (χ3n) is 3.30. The average molecular weight is 326 g/mol. The van der Waals surface area contributed by atoms with E-state index in [2.05, 4.69) is 17.5 Å². The number of nitrogens with zero attached hydrogens (tertiary/aromatic N) is 1. The van der Waals surface area contributed by atoms with Crippen LogP contribution in [0.1, 0.15) is 25.0 Å². The monoisotopic (exact) mass is 326 g/mol. The molecular weight excluding hydrogens is 304 g/mol. The van der Waals surface area contributed by atoms with Crippen molar-refractivity contribution < 1.29 is 14.3 Å². The molecule has 2 rings (SSSR count). The van der Waals surface area contributed by atoms with Crippen LogP contribution in [0.5, 0.6) is 11.5 Å². The molecule has 0 bridgehead atoms. The molecule has 0 heterocycles. The van der Waals surface area contributed by atoms with Gasteiger partial charge in [0, 0.05) is 0 Å². The van der Waals surface area contributed by atoms with Crippen molar-refractivity contribution in [1.82, 2.24) is 5.43 Å². The zero-order valence-electron chi connectivity index (χ0n) is 14.0. The first-order valence-corrected chi connectivity index (χ1v) is 7.97. The van der Waals surface area contributed by atoms with Gasteiger partial charge < -0.3 is 9.47 Å². The minimum absolute atomic E-state index is 0.0773. The number of carbonyl (C=O) groups is 1. The number of hydrogen-bond donors (Lipinski definition) is 1. The molecule has 0 aliphatic heterocycles. The lowest BCUT2D eigenvalue weighted by Crippen LogP contribution is -2.24. The quantitative estimate of drug-likeness (QED) is 0.599. The first kappa shape index (κ1) is 17.5. The molecule has 0 aliphatic rings. The van der Waals surface area contributed by atoms with Gasteiger partial charge in [0.15, 0.2) is 6.61 Å². The van der Waals surface area contributed by atoms with Crippen LogP contribution in [0.3, 0.4) is 0 Å². The molecule has 0 aromatic heterocycles. The second kappa shape index (κ2) is 9.35. The van der Waals surface area contributed by atoms with Gasteiger partial charge in [0.2, 0.25) is 0 Å². The Morgan fingerprint density at radius 2 is 1.62 bits per heavy atom. The molecule has 0 fully saturated rings. The van der Waals surface area contributed by atoms with Gasteiger partial charge in [-0.25, -0.2) is 5.43 Å². The van der Waals surface area contributed by atoms with E-state index in [1.54, 1.807) is 6.21 Å². The van der Waals surface area contributed by atoms with E-state index in [1.807, 2.05) is 55.5 Å². The molecule has 5 heteroatoms. The van der Waals surface area contributed by atoms with Crippen LogP contribution in [0.25, 0.3) is 0 Å². The standard InChI is InChI=1S/C19H22N2O3/c1-3-15-5-9-18(10-6-15)24-14-19(22)21-20-13-16-7-11-17(12-8-16)23-4-2/h5-13H,3-4,14H2,1-2H3,(H,21,22). The second-order valence-corrected chi connectivity index (χ2v) is 5.08. The van der Waals surface area contributed by atoms with Gasteiger partial charge in [-0.2, -0.15) is 5.10 Å². The average Bonchev–Trinajstić information content (AvgIpc) is 2.62. The van der Waals surface area contributed by atoms with Gasteiger partial charge in [0.1, 0.15) is 11.5 Å². The number of hydrogen-bond acceptors (Lipinski definition) is 4. The first-order valence-electron chi connectivity index (χ1n) is 7.97. The normalized spacial score (nSPS) is 10.6. The second-order valence-electron chi connectivity index (χ2n) is 5.08. The molecule has 0 aliphatic carbocycles. The van der Waals surface area contributed by atoms with Gasteiger partial charge in [-0.15, -0.1) is 0 Å². The minimum atomic E-state index is -0.309. The Labute approximate surface area is 142 Å². The molecular formula is C19H22N2O3. The van der Waals surface area contributed by atoms with Crippen LogP contribution in [0.15, 0.2) is 53.6 Å². The third-order valence-corrected chi connectivity index (χ3v) is 3.30. The summed E-state index contributed by atoms with van der Waals surface area (Å²) in [6.45, 7) is 4.58. The highest BCUT2D eigenvalue weighted by Crippen LogP contribution is 2.12. The summed E-state index contributed by atoms with van der Waals surface area (Å²) in [5.74, 6) is 1.16. The summed E-state index contributed by atoms with van der Waals surface area (Å²) in [5, 5.41) is 3.91. The van der Waals surface area contributed by atoms with Gasteiger partial charge in [-0.3, -0.25) is 4.79 Å². The molecule has 0 spiro atoms. The molecule has 1 amide bonds. The van der Waals surface area contributed by atoms with E-state index in [4.69, 9.17) is 9.47 Å².